The van der Waals surface area contributed by atoms with Crippen LogP contribution in [-0.2, 0) is 0 Å². The molecule has 1 aromatic heterocycles. The van der Waals surface area contributed by atoms with Crippen LogP contribution < -0.4 is 16.0 Å². The molecule has 0 saturated carbocycles. The van der Waals surface area contributed by atoms with Crippen molar-refractivity contribution in [3.05, 3.63) is 45.7 Å². The predicted octanol–water partition coefficient (Wildman–Crippen LogP) is 2.25. The maximum Gasteiger partial charge on any atom is 0.250 e. The summed E-state index contributed by atoms with van der Waals surface area (Å²) in [6.07, 6.45) is 0. The first kappa shape index (κ1) is 12.2. The van der Waals surface area contributed by atoms with Crippen molar-refractivity contribution in [3.63, 3.8) is 0 Å². The molecule has 2 rings (SSSR count). The predicted molar refractivity (Wildman–Crippen MR) is 72.9 cm³/mol. The van der Waals surface area contributed by atoms with Crippen LogP contribution >= 0.6 is 0 Å². The summed E-state index contributed by atoms with van der Waals surface area (Å²) in [7, 11) is 1.65. The van der Waals surface area contributed by atoms with Crippen molar-refractivity contribution >= 4 is 5.82 Å². The molecule has 0 unspecified atom stereocenters. The number of aromatic nitrogens is 1. The number of ether oxygens (including phenoxy) is 1. The average molecular weight is 244 g/mol. The van der Waals surface area contributed by atoms with Gasteiger partial charge in [-0.2, -0.15) is 0 Å². The minimum Gasteiger partial charge on any atom is -0.496 e. The quantitative estimate of drug-likeness (QED) is 0.851. The summed E-state index contributed by atoms with van der Waals surface area (Å²) < 4.78 is 5.32. The molecule has 1 heterocycles. The zero-order chi connectivity index (χ0) is 13.3. The standard InChI is InChI=1S/C14H16N2O2/c1-8-4-10(5-9(2)14(8)18-3)11-6-12(15)16-13(17)7-11/h4-7H,1-3H3,(H3,15,16,17). The number of aryl methyl sites for hydroxylation is 2. The van der Waals surface area contributed by atoms with Gasteiger partial charge in [0.05, 0.1) is 7.11 Å². The molecular weight excluding hydrogens is 228 g/mol. The van der Waals surface area contributed by atoms with Crippen molar-refractivity contribution in [2.24, 2.45) is 0 Å². The van der Waals surface area contributed by atoms with Crippen LogP contribution in [-0.4, -0.2) is 12.1 Å². The Balaban J connectivity index is 2.61. The van der Waals surface area contributed by atoms with Crippen molar-refractivity contribution in [2.75, 3.05) is 12.8 Å². The highest BCUT2D eigenvalue weighted by atomic mass is 16.5. The molecule has 0 fully saturated rings. The number of benzene rings is 1. The molecule has 0 saturated heterocycles. The van der Waals surface area contributed by atoms with Gasteiger partial charge in [0.1, 0.15) is 11.6 Å². The second kappa shape index (κ2) is 4.56. The lowest BCUT2D eigenvalue weighted by Gasteiger charge is -2.11. The molecule has 1 aromatic carbocycles. The lowest BCUT2D eigenvalue weighted by Crippen LogP contribution is -2.07. The lowest BCUT2D eigenvalue weighted by molar-refractivity contribution is 0.408. The summed E-state index contributed by atoms with van der Waals surface area (Å²) in [6.45, 7) is 3.96. The van der Waals surface area contributed by atoms with Gasteiger partial charge in [0.15, 0.2) is 0 Å². The molecule has 0 amide bonds. The van der Waals surface area contributed by atoms with E-state index in [4.69, 9.17) is 10.5 Å². The van der Waals surface area contributed by atoms with Gasteiger partial charge >= 0.3 is 0 Å². The summed E-state index contributed by atoms with van der Waals surface area (Å²) in [5.41, 5.74) is 9.29. The number of H-pyrrole nitrogens is 1. The van der Waals surface area contributed by atoms with Gasteiger partial charge < -0.3 is 15.5 Å². The Hall–Kier alpha value is -2.23. The van der Waals surface area contributed by atoms with Crippen molar-refractivity contribution in [2.45, 2.75) is 13.8 Å². The molecule has 2 aromatic rings. The van der Waals surface area contributed by atoms with E-state index in [1.54, 1.807) is 13.2 Å². The Morgan fingerprint density at radius 2 is 1.61 bits per heavy atom. The summed E-state index contributed by atoms with van der Waals surface area (Å²) in [5, 5.41) is 0. The number of methoxy groups -OCH3 is 1. The fourth-order valence-corrected chi connectivity index (χ4v) is 2.17. The van der Waals surface area contributed by atoms with Gasteiger partial charge in [0.25, 0.3) is 0 Å². The second-order valence-electron chi connectivity index (χ2n) is 4.33. The molecular formula is C14H16N2O2. The summed E-state index contributed by atoms with van der Waals surface area (Å²) in [4.78, 5) is 13.9. The number of nitrogens with two attached hydrogens (primary N) is 1. The lowest BCUT2D eigenvalue weighted by atomic mass is 10.0. The molecule has 0 radical (unpaired) electrons. The molecule has 0 aliphatic heterocycles. The van der Waals surface area contributed by atoms with Gasteiger partial charge in [-0.25, -0.2) is 0 Å². The number of nitrogen functional groups attached to an aromatic ring is 1. The fraction of sp³-hybridized carbons (Fsp3) is 0.214. The van der Waals surface area contributed by atoms with Crippen LogP contribution in [0.2, 0.25) is 0 Å². The van der Waals surface area contributed by atoms with E-state index in [0.29, 0.717) is 5.82 Å². The number of pyridine rings is 1. The van der Waals surface area contributed by atoms with E-state index in [0.717, 1.165) is 28.0 Å². The molecule has 0 spiro atoms. The zero-order valence-corrected chi connectivity index (χ0v) is 10.7. The largest absolute Gasteiger partial charge is 0.496 e. The van der Waals surface area contributed by atoms with Crippen LogP contribution in [0.25, 0.3) is 11.1 Å². The van der Waals surface area contributed by atoms with E-state index >= 15 is 0 Å². The Bertz CT molecular complexity index is 621. The monoisotopic (exact) mass is 244 g/mol. The molecule has 0 aliphatic rings. The third-order valence-corrected chi connectivity index (χ3v) is 2.86. The highest BCUT2D eigenvalue weighted by Crippen LogP contribution is 2.29. The van der Waals surface area contributed by atoms with Crippen LogP contribution in [0.5, 0.6) is 5.75 Å². The molecule has 18 heavy (non-hydrogen) atoms. The van der Waals surface area contributed by atoms with E-state index in [2.05, 4.69) is 4.98 Å². The average Bonchev–Trinajstić information content (AvgIpc) is 2.27. The third kappa shape index (κ3) is 2.22. The summed E-state index contributed by atoms with van der Waals surface area (Å²) in [6, 6.07) is 7.26. The summed E-state index contributed by atoms with van der Waals surface area (Å²) >= 11 is 0. The van der Waals surface area contributed by atoms with E-state index in [1.807, 2.05) is 26.0 Å². The minimum absolute atomic E-state index is 0.198. The number of aromatic amines is 1. The van der Waals surface area contributed by atoms with Crippen molar-refractivity contribution in [1.82, 2.24) is 4.98 Å². The van der Waals surface area contributed by atoms with Crippen molar-refractivity contribution in [3.8, 4) is 16.9 Å². The molecule has 0 bridgehead atoms. The third-order valence-electron chi connectivity index (χ3n) is 2.86. The van der Waals surface area contributed by atoms with Gasteiger partial charge in [-0.15, -0.1) is 0 Å². The van der Waals surface area contributed by atoms with Crippen molar-refractivity contribution in [1.29, 1.82) is 0 Å². The number of anilines is 1. The smallest absolute Gasteiger partial charge is 0.250 e. The topological polar surface area (TPSA) is 68.1 Å². The molecule has 4 nitrogen and oxygen atoms in total. The van der Waals surface area contributed by atoms with E-state index in [9.17, 15) is 4.79 Å². The first-order valence-electron chi connectivity index (χ1n) is 5.66. The Morgan fingerprint density at radius 1 is 1.06 bits per heavy atom. The maximum atomic E-state index is 11.4. The van der Waals surface area contributed by atoms with Crippen LogP contribution in [0.15, 0.2) is 29.1 Å². The first-order valence-corrected chi connectivity index (χ1v) is 5.66. The first-order chi connectivity index (χ1) is 8.51. The fourth-order valence-electron chi connectivity index (χ4n) is 2.17. The second-order valence-corrected chi connectivity index (χ2v) is 4.33. The molecule has 0 atom stereocenters. The summed E-state index contributed by atoms with van der Waals surface area (Å²) in [5.74, 6) is 1.24. The number of rotatable bonds is 2. The zero-order valence-electron chi connectivity index (χ0n) is 10.7. The SMILES string of the molecule is COc1c(C)cc(-c2cc(N)[nH]c(=O)c2)cc1C. The Morgan fingerprint density at radius 3 is 2.11 bits per heavy atom. The van der Waals surface area contributed by atoms with Crippen LogP contribution in [0, 0.1) is 13.8 Å². The van der Waals surface area contributed by atoms with Crippen LogP contribution in [0.4, 0.5) is 5.82 Å². The minimum atomic E-state index is -0.198. The van der Waals surface area contributed by atoms with Gasteiger partial charge in [-0.05, 0) is 54.3 Å². The molecule has 4 heteroatoms. The highest BCUT2D eigenvalue weighted by molar-refractivity contribution is 5.69. The van der Waals surface area contributed by atoms with Gasteiger partial charge in [-0.3, -0.25) is 4.79 Å². The van der Waals surface area contributed by atoms with Gasteiger partial charge in [0.2, 0.25) is 5.56 Å². The normalized spacial score (nSPS) is 10.4. The highest BCUT2D eigenvalue weighted by Gasteiger charge is 2.07. The van der Waals surface area contributed by atoms with E-state index in [1.165, 1.54) is 6.07 Å². The number of hydrogen-bond acceptors (Lipinski definition) is 3. The molecule has 3 N–H and O–H groups in total. The van der Waals surface area contributed by atoms with Gasteiger partial charge in [0, 0.05) is 6.07 Å². The van der Waals surface area contributed by atoms with Gasteiger partial charge in [-0.1, -0.05) is 0 Å². The molecule has 94 valence electrons. The number of nitrogens with one attached hydrogen (secondary N) is 1. The van der Waals surface area contributed by atoms with E-state index in [-0.39, 0.29) is 5.56 Å². The number of hydrogen-bond donors (Lipinski definition) is 2. The van der Waals surface area contributed by atoms with Crippen molar-refractivity contribution < 1.29 is 4.74 Å². The Labute approximate surface area is 105 Å². The van der Waals surface area contributed by atoms with Crippen LogP contribution in [0.1, 0.15) is 11.1 Å². The molecule has 0 aliphatic carbocycles. The van der Waals surface area contributed by atoms with E-state index < -0.39 is 0 Å². The maximum absolute atomic E-state index is 11.4. The van der Waals surface area contributed by atoms with Crippen LogP contribution in [0.3, 0.4) is 0 Å². The Kier molecular flexibility index (Phi) is 3.10.